The van der Waals surface area contributed by atoms with E-state index in [1.165, 1.54) is 0 Å². The molecule has 45 heavy (non-hydrogen) atoms. The molecule has 2 fully saturated rings. The second kappa shape index (κ2) is 18.3. The zero-order valence-electron chi connectivity index (χ0n) is 28.0. The maximum atomic E-state index is 13.2. The molecule has 2 aliphatic rings. The summed E-state index contributed by atoms with van der Waals surface area (Å²) >= 11 is 0. The molecule has 0 aromatic carbocycles. The van der Waals surface area contributed by atoms with Crippen LogP contribution in [0.1, 0.15) is 106 Å². The maximum absolute atomic E-state index is 13.2. The van der Waals surface area contributed by atoms with E-state index in [2.05, 4.69) is 13.0 Å². The van der Waals surface area contributed by atoms with Crippen molar-refractivity contribution in [2.75, 3.05) is 6.54 Å². The van der Waals surface area contributed by atoms with Gasteiger partial charge in [-0.05, 0) is 83.1 Å². The molecule has 252 valence electrons. The lowest BCUT2D eigenvalue weighted by Crippen LogP contribution is -2.60. The summed E-state index contributed by atoms with van der Waals surface area (Å²) in [5.41, 5.74) is 1.93. The number of carbonyl (C=O) groups is 4. The fourth-order valence-electron chi connectivity index (χ4n) is 6.04. The number of ketones is 2. The summed E-state index contributed by atoms with van der Waals surface area (Å²) in [6, 6.07) is -1.07. The van der Waals surface area contributed by atoms with Crippen molar-refractivity contribution >= 4 is 23.4 Å². The Labute approximate surface area is 269 Å². The van der Waals surface area contributed by atoms with E-state index in [0.717, 1.165) is 22.5 Å². The van der Waals surface area contributed by atoms with Gasteiger partial charge in [-0.15, -0.1) is 0 Å². The minimum absolute atomic E-state index is 0.0698. The van der Waals surface area contributed by atoms with Crippen LogP contribution in [0.5, 0.6) is 0 Å². The topological polar surface area (TPSA) is 141 Å². The normalized spacial score (nSPS) is 27.0. The van der Waals surface area contributed by atoms with Crippen molar-refractivity contribution < 1.29 is 39.2 Å². The Kier molecular flexibility index (Phi) is 15.6. The number of ether oxygens (including phenoxy) is 1. The van der Waals surface area contributed by atoms with Crippen LogP contribution in [0.15, 0.2) is 47.6 Å². The monoisotopic (exact) mass is 629 g/mol. The highest BCUT2D eigenvalue weighted by molar-refractivity contribution is 6.39. The van der Waals surface area contributed by atoms with Crippen LogP contribution in [0, 0.1) is 17.8 Å². The van der Waals surface area contributed by atoms with Gasteiger partial charge in [-0.3, -0.25) is 14.4 Å². The molecule has 9 nitrogen and oxygen atoms in total. The first-order valence-electron chi connectivity index (χ1n) is 16.6. The molecule has 0 bridgehead atoms. The number of allylic oxidation sites excluding steroid dienone is 7. The standard InChI is InChI=1S/C36H55NO8/c1-7-13-26(4)31(38)23-32(39)27(5)22-25(3)15-10-8-9-14-24(2)17-19-29-20-18-28(6)36(44,45-29)33(40)34(41)37-21-12-11-16-30(37)35(42)43/h8-10,13-15,25,27-31,38,44H,7,11-12,16-23H2,1-6H3,(H,42,43)/b9-8+,15-10+,24-14+,26-13+/t25-,27?,28?,29-,30?,31?,36?/m1/s1. The van der Waals surface area contributed by atoms with Crippen LogP contribution in [-0.4, -0.2) is 74.2 Å². The zero-order chi connectivity index (χ0) is 33.7. The number of aliphatic hydroxyl groups is 2. The molecule has 0 radical (unpaired) electrons. The van der Waals surface area contributed by atoms with Gasteiger partial charge in [0.25, 0.3) is 11.7 Å². The molecule has 2 rings (SSSR count). The molecule has 2 heterocycles. The van der Waals surface area contributed by atoms with Crippen LogP contribution in [0.3, 0.4) is 0 Å². The number of carboxylic acid groups (broad SMARTS) is 1. The van der Waals surface area contributed by atoms with E-state index in [9.17, 15) is 34.5 Å². The van der Waals surface area contributed by atoms with E-state index in [0.29, 0.717) is 44.9 Å². The van der Waals surface area contributed by atoms with Crippen LogP contribution < -0.4 is 0 Å². The van der Waals surface area contributed by atoms with Crippen LogP contribution >= 0.6 is 0 Å². The Morgan fingerprint density at radius 2 is 1.76 bits per heavy atom. The fourth-order valence-corrected chi connectivity index (χ4v) is 6.04. The smallest absolute Gasteiger partial charge is 0.326 e. The quantitative estimate of drug-likeness (QED) is 0.112. The fraction of sp³-hybridized carbons (Fsp3) is 0.667. The highest BCUT2D eigenvalue weighted by Gasteiger charge is 2.52. The number of Topliss-reactive ketones (excluding diaryl/α,β-unsaturated/α-hetero) is 2. The van der Waals surface area contributed by atoms with Crippen LogP contribution in [0.2, 0.25) is 0 Å². The third-order valence-electron chi connectivity index (χ3n) is 9.13. The average molecular weight is 630 g/mol. The summed E-state index contributed by atoms with van der Waals surface area (Å²) in [5, 5.41) is 31.0. The van der Waals surface area contributed by atoms with Crippen molar-refractivity contribution in [3.8, 4) is 0 Å². The molecule has 0 aromatic rings. The van der Waals surface area contributed by atoms with Gasteiger partial charge in [-0.1, -0.05) is 69.7 Å². The van der Waals surface area contributed by atoms with Crippen molar-refractivity contribution in [2.45, 2.75) is 130 Å². The molecule has 0 saturated carbocycles. The minimum atomic E-state index is -2.27. The Morgan fingerprint density at radius 3 is 2.42 bits per heavy atom. The molecule has 0 aromatic heterocycles. The van der Waals surface area contributed by atoms with E-state index in [-0.39, 0.29) is 37.0 Å². The lowest BCUT2D eigenvalue weighted by Gasteiger charge is -2.42. The molecule has 2 saturated heterocycles. The van der Waals surface area contributed by atoms with E-state index in [1.54, 1.807) is 6.92 Å². The predicted octanol–water partition coefficient (Wildman–Crippen LogP) is 5.70. The van der Waals surface area contributed by atoms with Crippen LogP contribution in [-0.2, 0) is 23.9 Å². The van der Waals surface area contributed by atoms with E-state index in [1.807, 2.05) is 58.1 Å². The first kappa shape index (κ1) is 38.3. The molecular weight excluding hydrogens is 574 g/mol. The number of nitrogens with zero attached hydrogens (tertiary/aromatic N) is 1. The number of piperidine rings is 1. The largest absolute Gasteiger partial charge is 0.480 e. The predicted molar refractivity (Wildman–Crippen MR) is 174 cm³/mol. The van der Waals surface area contributed by atoms with Gasteiger partial charge >= 0.3 is 5.97 Å². The molecule has 0 spiro atoms. The second-order valence-corrected chi connectivity index (χ2v) is 13.1. The lowest BCUT2D eigenvalue weighted by atomic mass is 9.85. The Balaban J connectivity index is 1.85. The van der Waals surface area contributed by atoms with Gasteiger partial charge in [0.2, 0.25) is 5.79 Å². The van der Waals surface area contributed by atoms with Gasteiger partial charge in [-0.2, -0.15) is 0 Å². The number of rotatable bonds is 16. The van der Waals surface area contributed by atoms with Crippen molar-refractivity contribution in [2.24, 2.45) is 17.8 Å². The number of hydrogen-bond acceptors (Lipinski definition) is 7. The van der Waals surface area contributed by atoms with Gasteiger partial charge in [-0.25, -0.2) is 4.79 Å². The highest BCUT2D eigenvalue weighted by Crippen LogP contribution is 2.36. The molecular formula is C36H55NO8. The zero-order valence-corrected chi connectivity index (χ0v) is 28.0. The van der Waals surface area contributed by atoms with Gasteiger partial charge in [0.1, 0.15) is 11.8 Å². The third-order valence-corrected chi connectivity index (χ3v) is 9.13. The van der Waals surface area contributed by atoms with Crippen LogP contribution in [0.4, 0.5) is 0 Å². The second-order valence-electron chi connectivity index (χ2n) is 13.1. The van der Waals surface area contributed by atoms with E-state index in [4.69, 9.17) is 4.74 Å². The number of aliphatic hydroxyl groups excluding tert-OH is 1. The molecule has 0 aliphatic carbocycles. The summed E-state index contributed by atoms with van der Waals surface area (Å²) in [6.07, 6.45) is 16.3. The SMILES string of the molecule is CC/C=C(\C)C(O)CC(=O)C(C)C[C@H](C)/C=C/C=C/C=C(\C)CC[C@@H]1CCC(C)C(O)(C(=O)C(=O)N2CCCCC2C(=O)O)O1. The number of carboxylic acids is 1. The first-order valence-corrected chi connectivity index (χ1v) is 16.6. The number of carbonyl (C=O) groups excluding carboxylic acids is 3. The number of likely N-dealkylation sites (tertiary alicyclic amines) is 1. The van der Waals surface area contributed by atoms with Gasteiger partial charge in [0, 0.05) is 24.8 Å². The number of amides is 1. The Hall–Kier alpha value is -2.88. The number of aliphatic carboxylic acids is 1. The maximum Gasteiger partial charge on any atom is 0.326 e. The van der Waals surface area contributed by atoms with Crippen molar-refractivity contribution in [3.63, 3.8) is 0 Å². The summed E-state index contributed by atoms with van der Waals surface area (Å²) < 4.78 is 5.88. The van der Waals surface area contributed by atoms with E-state index < -0.39 is 47.6 Å². The van der Waals surface area contributed by atoms with Crippen LogP contribution in [0.25, 0.3) is 0 Å². The molecule has 2 aliphatic heterocycles. The van der Waals surface area contributed by atoms with Crippen molar-refractivity contribution in [1.29, 1.82) is 0 Å². The first-order chi connectivity index (χ1) is 21.2. The Morgan fingerprint density at radius 1 is 1.04 bits per heavy atom. The van der Waals surface area contributed by atoms with Gasteiger partial charge in [0.05, 0.1) is 12.2 Å². The Bertz CT molecular complexity index is 1150. The third kappa shape index (κ3) is 11.5. The lowest BCUT2D eigenvalue weighted by molar-refractivity contribution is -0.263. The summed E-state index contributed by atoms with van der Waals surface area (Å²) in [6.45, 7) is 11.7. The molecule has 7 atom stereocenters. The van der Waals surface area contributed by atoms with Gasteiger partial charge < -0.3 is 25.0 Å². The highest BCUT2D eigenvalue weighted by atomic mass is 16.6. The van der Waals surface area contributed by atoms with Gasteiger partial charge in [0.15, 0.2) is 0 Å². The molecule has 9 heteroatoms. The molecule has 1 amide bonds. The summed E-state index contributed by atoms with van der Waals surface area (Å²) in [5.74, 6) is -5.95. The average Bonchev–Trinajstić information content (AvgIpc) is 3.00. The summed E-state index contributed by atoms with van der Waals surface area (Å²) in [4.78, 5) is 51.5. The van der Waals surface area contributed by atoms with Crippen molar-refractivity contribution in [1.82, 2.24) is 4.90 Å². The van der Waals surface area contributed by atoms with Crippen molar-refractivity contribution in [3.05, 3.63) is 47.6 Å². The van der Waals surface area contributed by atoms with E-state index >= 15 is 0 Å². The minimum Gasteiger partial charge on any atom is -0.480 e. The molecule has 5 unspecified atom stereocenters. The molecule has 3 N–H and O–H groups in total. The number of hydrogen-bond donors (Lipinski definition) is 3. The summed E-state index contributed by atoms with van der Waals surface area (Å²) in [7, 11) is 0.